The Balaban J connectivity index is 2.07. The third-order valence-electron chi connectivity index (χ3n) is 3.44. The third-order valence-corrected chi connectivity index (χ3v) is 3.44. The van der Waals surface area contributed by atoms with Crippen molar-refractivity contribution in [3.8, 4) is 0 Å². The zero-order valence-corrected chi connectivity index (χ0v) is 11.0. The zero-order valence-electron chi connectivity index (χ0n) is 11.0. The number of hydrogen-bond acceptors (Lipinski definition) is 1. The lowest BCUT2D eigenvalue weighted by molar-refractivity contribution is 0.723. The molecule has 0 radical (unpaired) electrons. The summed E-state index contributed by atoms with van der Waals surface area (Å²) in [5, 5.41) is 3.60. The Bertz CT molecular complexity index is 388. The normalized spacial score (nSPS) is 16.2. The highest BCUT2D eigenvalue weighted by Gasteiger charge is 2.20. The average Bonchev–Trinajstić information content (AvgIpc) is 3.19. The molecule has 0 saturated heterocycles. The molecule has 1 aromatic rings. The molecule has 2 rings (SSSR count). The summed E-state index contributed by atoms with van der Waals surface area (Å²) in [6, 6.07) is 9.52. The van der Waals surface area contributed by atoms with Gasteiger partial charge in [-0.1, -0.05) is 49.8 Å². The fourth-order valence-corrected chi connectivity index (χ4v) is 2.06. The van der Waals surface area contributed by atoms with E-state index in [1.807, 2.05) is 0 Å². The molecule has 0 unspecified atom stereocenters. The van der Waals surface area contributed by atoms with Crippen molar-refractivity contribution in [3.05, 3.63) is 41.0 Å². The monoisotopic (exact) mass is 229 g/mol. The van der Waals surface area contributed by atoms with Crippen LogP contribution in [0.5, 0.6) is 0 Å². The molecule has 92 valence electrons. The van der Waals surface area contributed by atoms with Gasteiger partial charge in [0.1, 0.15) is 0 Å². The predicted octanol–water partition coefficient (Wildman–Crippen LogP) is 3.79. The second-order valence-electron chi connectivity index (χ2n) is 4.86. The van der Waals surface area contributed by atoms with E-state index in [2.05, 4.69) is 49.5 Å². The molecule has 1 N–H and O–H groups in total. The van der Waals surface area contributed by atoms with E-state index >= 15 is 0 Å². The lowest BCUT2D eigenvalue weighted by Gasteiger charge is -2.08. The number of nitrogens with one attached hydrogen (secondary N) is 1. The first-order valence-corrected chi connectivity index (χ1v) is 6.84. The van der Waals surface area contributed by atoms with Gasteiger partial charge in [-0.2, -0.15) is 0 Å². The van der Waals surface area contributed by atoms with Crippen LogP contribution in [0.25, 0.3) is 6.08 Å². The van der Waals surface area contributed by atoms with Crippen molar-refractivity contribution in [2.45, 2.75) is 45.6 Å². The second-order valence-corrected chi connectivity index (χ2v) is 4.86. The molecule has 1 fully saturated rings. The fraction of sp³-hybridized carbons (Fsp3) is 0.500. The van der Waals surface area contributed by atoms with E-state index in [9.17, 15) is 0 Å². The van der Waals surface area contributed by atoms with Crippen molar-refractivity contribution in [2.75, 3.05) is 6.54 Å². The van der Waals surface area contributed by atoms with Crippen LogP contribution in [0.2, 0.25) is 0 Å². The Labute approximate surface area is 105 Å². The van der Waals surface area contributed by atoms with Crippen LogP contribution in [-0.4, -0.2) is 12.6 Å². The van der Waals surface area contributed by atoms with Gasteiger partial charge in [-0.3, -0.25) is 0 Å². The molecular formula is C16H23N. The summed E-state index contributed by atoms with van der Waals surface area (Å²) in [6.07, 6.45) is 7.34. The van der Waals surface area contributed by atoms with Crippen LogP contribution in [0.3, 0.4) is 0 Å². The Morgan fingerprint density at radius 1 is 1.29 bits per heavy atom. The minimum Gasteiger partial charge on any atom is -0.310 e. The highest BCUT2D eigenvalue weighted by atomic mass is 14.9. The number of aryl methyl sites for hydroxylation is 1. The minimum atomic E-state index is 0.798. The van der Waals surface area contributed by atoms with Gasteiger partial charge in [0.15, 0.2) is 0 Å². The maximum atomic E-state index is 3.60. The van der Waals surface area contributed by atoms with Crippen molar-refractivity contribution < 1.29 is 0 Å². The summed E-state index contributed by atoms with van der Waals surface area (Å²) in [7, 11) is 0. The van der Waals surface area contributed by atoms with Crippen molar-refractivity contribution >= 4 is 6.08 Å². The number of hydrogen-bond donors (Lipinski definition) is 1. The molecule has 1 aliphatic carbocycles. The van der Waals surface area contributed by atoms with Crippen LogP contribution >= 0.6 is 0 Å². The number of benzene rings is 1. The fourth-order valence-electron chi connectivity index (χ4n) is 2.06. The standard InChI is InChI=1S/C16H23N/c1-3-13(12-17-16-9-10-16)11-15-8-6-5-7-14(15)4-2/h5-8,11,16-17H,3-4,9-10,12H2,1-2H3. The summed E-state index contributed by atoms with van der Waals surface area (Å²) < 4.78 is 0. The first-order valence-electron chi connectivity index (χ1n) is 6.84. The Hall–Kier alpha value is -1.08. The van der Waals surface area contributed by atoms with Gasteiger partial charge >= 0.3 is 0 Å². The highest BCUT2D eigenvalue weighted by molar-refractivity contribution is 5.57. The van der Waals surface area contributed by atoms with E-state index in [0.717, 1.165) is 25.4 Å². The SMILES string of the molecule is CCC(=Cc1ccccc1CC)CNC1CC1. The molecule has 0 atom stereocenters. The van der Waals surface area contributed by atoms with Gasteiger partial charge in [0.25, 0.3) is 0 Å². The van der Waals surface area contributed by atoms with Gasteiger partial charge in [0, 0.05) is 12.6 Å². The minimum absolute atomic E-state index is 0.798. The molecule has 1 aliphatic rings. The van der Waals surface area contributed by atoms with E-state index in [-0.39, 0.29) is 0 Å². The molecule has 0 amide bonds. The van der Waals surface area contributed by atoms with Crippen LogP contribution in [0.15, 0.2) is 29.8 Å². The average molecular weight is 229 g/mol. The summed E-state index contributed by atoms with van der Waals surface area (Å²) in [5.74, 6) is 0. The first kappa shape index (κ1) is 12.4. The molecule has 0 aromatic heterocycles. The molecule has 1 aromatic carbocycles. The Morgan fingerprint density at radius 3 is 2.71 bits per heavy atom. The summed E-state index contributed by atoms with van der Waals surface area (Å²) in [6.45, 7) is 5.52. The maximum absolute atomic E-state index is 3.60. The van der Waals surface area contributed by atoms with Crippen LogP contribution in [0, 0.1) is 0 Å². The van der Waals surface area contributed by atoms with Crippen molar-refractivity contribution in [1.29, 1.82) is 0 Å². The Kier molecular flexibility index (Phi) is 4.38. The van der Waals surface area contributed by atoms with E-state index in [4.69, 9.17) is 0 Å². The molecule has 0 heterocycles. The maximum Gasteiger partial charge on any atom is 0.0170 e. The largest absolute Gasteiger partial charge is 0.310 e. The first-order chi connectivity index (χ1) is 8.33. The van der Waals surface area contributed by atoms with Gasteiger partial charge in [0.05, 0.1) is 0 Å². The second kappa shape index (κ2) is 6.02. The lowest BCUT2D eigenvalue weighted by atomic mass is 10.0. The molecule has 1 nitrogen and oxygen atoms in total. The predicted molar refractivity (Wildman–Crippen MR) is 75.1 cm³/mol. The van der Waals surface area contributed by atoms with E-state index in [1.54, 1.807) is 0 Å². The van der Waals surface area contributed by atoms with Gasteiger partial charge < -0.3 is 5.32 Å². The molecule has 1 saturated carbocycles. The van der Waals surface area contributed by atoms with Crippen LogP contribution in [-0.2, 0) is 6.42 Å². The Morgan fingerprint density at radius 2 is 2.06 bits per heavy atom. The molecule has 0 aliphatic heterocycles. The van der Waals surface area contributed by atoms with Crippen molar-refractivity contribution in [3.63, 3.8) is 0 Å². The van der Waals surface area contributed by atoms with Gasteiger partial charge in [-0.15, -0.1) is 0 Å². The van der Waals surface area contributed by atoms with E-state index in [1.165, 1.54) is 29.5 Å². The molecule has 0 spiro atoms. The smallest absolute Gasteiger partial charge is 0.0170 e. The molecule has 0 bridgehead atoms. The third kappa shape index (κ3) is 3.71. The van der Waals surface area contributed by atoms with Gasteiger partial charge in [-0.25, -0.2) is 0 Å². The van der Waals surface area contributed by atoms with Gasteiger partial charge in [-0.05, 0) is 36.8 Å². The topological polar surface area (TPSA) is 12.0 Å². The van der Waals surface area contributed by atoms with Crippen LogP contribution < -0.4 is 5.32 Å². The quantitative estimate of drug-likeness (QED) is 0.782. The van der Waals surface area contributed by atoms with E-state index < -0.39 is 0 Å². The molecule has 1 heteroatoms. The van der Waals surface area contributed by atoms with Crippen molar-refractivity contribution in [2.24, 2.45) is 0 Å². The zero-order chi connectivity index (χ0) is 12.1. The van der Waals surface area contributed by atoms with Crippen LogP contribution in [0.1, 0.15) is 44.2 Å². The molecular weight excluding hydrogens is 206 g/mol. The summed E-state index contributed by atoms with van der Waals surface area (Å²) >= 11 is 0. The van der Waals surface area contributed by atoms with Crippen molar-refractivity contribution in [1.82, 2.24) is 5.32 Å². The van der Waals surface area contributed by atoms with Gasteiger partial charge in [0.2, 0.25) is 0 Å². The number of rotatable bonds is 6. The highest BCUT2D eigenvalue weighted by Crippen LogP contribution is 2.20. The summed E-state index contributed by atoms with van der Waals surface area (Å²) in [5.41, 5.74) is 4.35. The molecule has 17 heavy (non-hydrogen) atoms. The van der Waals surface area contributed by atoms with Crippen LogP contribution in [0.4, 0.5) is 0 Å². The van der Waals surface area contributed by atoms with E-state index in [0.29, 0.717) is 0 Å². The lowest BCUT2D eigenvalue weighted by Crippen LogP contribution is -2.18. The summed E-state index contributed by atoms with van der Waals surface area (Å²) in [4.78, 5) is 0.